The van der Waals surface area contributed by atoms with Crippen LogP contribution in [0.4, 0.5) is 0 Å². The van der Waals surface area contributed by atoms with Crippen molar-refractivity contribution in [3.63, 3.8) is 0 Å². The molecule has 3 aromatic heterocycles. The fourth-order valence-corrected chi connectivity index (χ4v) is 11.5. The zero-order chi connectivity index (χ0) is 34.7. The number of benzene rings is 6. The maximum atomic E-state index is 4.75. The van der Waals surface area contributed by atoms with E-state index in [0.717, 1.165) is 23.1 Å². The van der Waals surface area contributed by atoms with Crippen molar-refractivity contribution in [1.82, 2.24) is 24.5 Å². The summed E-state index contributed by atoms with van der Waals surface area (Å²) in [7, 11) is 0. The van der Waals surface area contributed by atoms with E-state index in [1.165, 1.54) is 93.1 Å². The average molecular weight is 684 g/mol. The molecule has 0 aliphatic heterocycles. The normalized spacial score (nSPS) is 23.5. The monoisotopic (exact) mass is 683 g/mol. The summed E-state index contributed by atoms with van der Waals surface area (Å²) in [6, 6.07) is 46.1. The van der Waals surface area contributed by atoms with Gasteiger partial charge in [0.15, 0.2) is 11.3 Å². The lowest BCUT2D eigenvalue weighted by molar-refractivity contribution is -0.0280. The molecule has 4 aliphatic rings. The Morgan fingerprint density at radius 1 is 0.528 bits per heavy atom. The molecule has 0 saturated heterocycles. The summed E-state index contributed by atoms with van der Waals surface area (Å²) < 4.78 is 2.43. The fourth-order valence-electron chi connectivity index (χ4n) is 11.5. The van der Waals surface area contributed by atoms with Crippen LogP contribution >= 0.6 is 0 Å². The molecule has 4 aliphatic carbocycles. The van der Waals surface area contributed by atoms with Crippen molar-refractivity contribution in [2.75, 3.05) is 0 Å². The quantitative estimate of drug-likeness (QED) is 0.185. The molecule has 0 N–H and O–H groups in total. The Bertz CT molecular complexity index is 2890. The van der Waals surface area contributed by atoms with Crippen molar-refractivity contribution in [2.45, 2.75) is 49.4 Å². The number of para-hydroxylation sites is 2. The highest BCUT2D eigenvalue weighted by Crippen LogP contribution is 2.66. The Kier molecular flexibility index (Phi) is 6.03. The zero-order valence-electron chi connectivity index (χ0n) is 29.4. The topological polar surface area (TPSA) is 56.5 Å². The summed E-state index contributed by atoms with van der Waals surface area (Å²) in [5.74, 6) is 1.58. The van der Waals surface area contributed by atoms with Gasteiger partial charge in [0.1, 0.15) is 0 Å². The molecular weight excluding hydrogens is 647 g/mol. The maximum absolute atomic E-state index is 4.75. The molecule has 4 bridgehead atoms. The van der Waals surface area contributed by atoms with Crippen molar-refractivity contribution in [2.24, 2.45) is 11.8 Å². The predicted molar refractivity (Wildman–Crippen MR) is 214 cm³/mol. The number of nitrogens with zero attached hydrogens (tertiary/aromatic N) is 5. The van der Waals surface area contributed by atoms with Gasteiger partial charge in [-0.25, -0.2) is 19.9 Å². The number of hydrogen-bond acceptors (Lipinski definition) is 4. The number of aromatic nitrogens is 5. The minimum Gasteiger partial charge on any atom is -0.309 e. The summed E-state index contributed by atoms with van der Waals surface area (Å²) in [6.07, 6.45) is 13.0. The second-order valence-electron chi connectivity index (χ2n) is 16.4. The first kappa shape index (κ1) is 29.6. The Morgan fingerprint density at radius 2 is 1.09 bits per heavy atom. The largest absolute Gasteiger partial charge is 0.309 e. The van der Waals surface area contributed by atoms with E-state index in [9.17, 15) is 0 Å². The summed E-state index contributed by atoms with van der Waals surface area (Å²) in [5, 5.41) is 7.80. The van der Waals surface area contributed by atoms with E-state index >= 15 is 0 Å². The molecule has 3 heterocycles. The zero-order valence-corrected chi connectivity index (χ0v) is 29.4. The molecule has 0 radical (unpaired) electrons. The van der Waals surface area contributed by atoms with Gasteiger partial charge in [-0.05, 0) is 124 Å². The van der Waals surface area contributed by atoms with E-state index < -0.39 is 0 Å². The van der Waals surface area contributed by atoms with Gasteiger partial charge in [-0.3, -0.25) is 0 Å². The van der Waals surface area contributed by atoms with Crippen molar-refractivity contribution >= 4 is 54.6 Å². The molecule has 9 aromatic rings. The highest BCUT2D eigenvalue weighted by atomic mass is 15.0. The molecule has 53 heavy (non-hydrogen) atoms. The molecule has 254 valence electrons. The van der Waals surface area contributed by atoms with Crippen molar-refractivity contribution in [1.29, 1.82) is 0 Å². The van der Waals surface area contributed by atoms with Gasteiger partial charge in [-0.15, -0.1) is 0 Å². The van der Waals surface area contributed by atoms with Gasteiger partial charge in [0.25, 0.3) is 0 Å². The van der Waals surface area contributed by atoms with Gasteiger partial charge >= 0.3 is 0 Å². The van der Waals surface area contributed by atoms with Crippen molar-refractivity contribution in [3.8, 4) is 16.9 Å². The molecule has 0 spiro atoms. The van der Waals surface area contributed by atoms with Crippen molar-refractivity contribution in [3.05, 3.63) is 151 Å². The molecule has 5 nitrogen and oxygen atoms in total. The van der Waals surface area contributed by atoms with E-state index in [4.69, 9.17) is 4.98 Å². The summed E-state index contributed by atoms with van der Waals surface area (Å²) in [4.78, 5) is 17.9. The third-order valence-electron chi connectivity index (χ3n) is 13.3. The Hall–Kier alpha value is -5.94. The third-order valence-corrected chi connectivity index (χ3v) is 13.3. The summed E-state index contributed by atoms with van der Waals surface area (Å²) in [6.45, 7) is 0. The van der Waals surface area contributed by atoms with Crippen LogP contribution in [-0.4, -0.2) is 24.5 Å². The Balaban J connectivity index is 0.894. The third kappa shape index (κ3) is 4.43. The summed E-state index contributed by atoms with van der Waals surface area (Å²) >= 11 is 0. The van der Waals surface area contributed by atoms with Crippen molar-refractivity contribution < 1.29 is 0 Å². The smallest absolute Gasteiger partial charge is 0.198 e. The van der Waals surface area contributed by atoms with E-state index in [2.05, 4.69) is 141 Å². The molecule has 0 amide bonds. The van der Waals surface area contributed by atoms with E-state index in [0.29, 0.717) is 11.3 Å². The molecule has 4 saturated carbocycles. The number of rotatable bonds is 4. The van der Waals surface area contributed by atoms with Gasteiger partial charge < -0.3 is 4.57 Å². The molecule has 6 aromatic carbocycles. The van der Waals surface area contributed by atoms with Gasteiger partial charge in [0.05, 0.1) is 22.9 Å². The standard InChI is InChI=1S/C48H37N5/c1-3-7-43-40(5-1)41-6-2-4-8-44(41)53(43)39-16-13-34-22-38(15-12-35(34)23-39)48-26-30-19-31(27-48)25-47(24-30,29-48)37-14-11-32-20-36(10-9-33(32)21-37)42-28-51-45-46(52-42)50-18-17-49-45/h1-18,20-23,28,30-31H,19,24-27,29H2. The maximum Gasteiger partial charge on any atom is 0.198 e. The first-order valence-electron chi connectivity index (χ1n) is 19.1. The van der Waals surface area contributed by atoms with Crippen LogP contribution in [0.3, 0.4) is 0 Å². The van der Waals surface area contributed by atoms with Crippen LogP contribution in [-0.2, 0) is 10.8 Å². The molecular formula is C48H37N5. The highest BCUT2D eigenvalue weighted by molar-refractivity contribution is 6.09. The predicted octanol–water partition coefficient (Wildman–Crippen LogP) is 11.3. The van der Waals surface area contributed by atoms with Crippen LogP contribution in [0.15, 0.2) is 140 Å². The fraction of sp³-hybridized carbons (Fsp3) is 0.208. The molecule has 4 fully saturated rings. The first-order valence-corrected chi connectivity index (χ1v) is 19.1. The second kappa shape index (κ2) is 10.8. The SMILES string of the molecule is c1ccc2c(c1)c1ccccc1n2-c1ccc2cc(C34CC5CC(CC(c6ccc7cc(-c8cnc9nccnc9n8)ccc7c6)(C5)C3)C4)ccc2c1. The summed E-state index contributed by atoms with van der Waals surface area (Å²) in [5.41, 5.74) is 10.3. The van der Waals surface area contributed by atoms with Crippen LogP contribution in [0.2, 0.25) is 0 Å². The lowest BCUT2D eigenvalue weighted by Gasteiger charge is -2.63. The van der Waals surface area contributed by atoms with Gasteiger partial charge in [-0.1, -0.05) is 91.0 Å². The van der Waals surface area contributed by atoms with E-state index in [-0.39, 0.29) is 10.8 Å². The van der Waals surface area contributed by atoms with Crippen LogP contribution in [0, 0.1) is 11.8 Å². The van der Waals surface area contributed by atoms with Crippen LogP contribution in [0.25, 0.3) is 71.6 Å². The minimum atomic E-state index is 0.231. The van der Waals surface area contributed by atoms with Crippen LogP contribution in [0.1, 0.15) is 49.7 Å². The van der Waals surface area contributed by atoms with E-state index in [1.54, 1.807) is 24.2 Å². The molecule has 2 unspecified atom stereocenters. The molecule has 5 heteroatoms. The Labute approximate surface area is 307 Å². The second-order valence-corrected chi connectivity index (χ2v) is 16.4. The van der Waals surface area contributed by atoms with Gasteiger partial charge in [0, 0.05) is 34.4 Å². The minimum absolute atomic E-state index is 0.231. The molecule has 2 atom stereocenters. The van der Waals surface area contributed by atoms with E-state index in [1.807, 2.05) is 0 Å². The van der Waals surface area contributed by atoms with Crippen LogP contribution < -0.4 is 0 Å². The number of fused-ring (bicyclic) bond motifs is 6. The average Bonchev–Trinajstić information content (AvgIpc) is 3.54. The Morgan fingerprint density at radius 3 is 1.77 bits per heavy atom. The highest BCUT2D eigenvalue weighted by Gasteiger charge is 2.58. The van der Waals surface area contributed by atoms with Gasteiger partial charge in [0.2, 0.25) is 0 Å². The lowest BCUT2D eigenvalue weighted by atomic mass is 9.41. The molecule has 13 rings (SSSR count). The van der Waals surface area contributed by atoms with Gasteiger partial charge in [-0.2, -0.15) is 0 Å². The number of hydrogen-bond donors (Lipinski definition) is 0. The van der Waals surface area contributed by atoms with Crippen LogP contribution in [0.5, 0.6) is 0 Å². The first-order chi connectivity index (χ1) is 26.1. The lowest BCUT2D eigenvalue weighted by Crippen LogP contribution is -2.55.